The number of hydrogen-bond acceptors (Lipinski definition) is 6. The fourth-order valence-electron chi connectivity index (χ4n) is 4.58. The van der Waals surface area contributed by atoms with E-state index in [1.807, 2.05) is 0 Å². The first-order valence-corrected chi connectivity index (χ1v) is 12.5. The van der Waals surface area contributed by atoms with Crippen LogP contribution in [-0.2, 0) is 20.4 Å². The zero-order valence-electron chi connectivity index (χ0n) is 21.7. The van der Waals surface area contributed by atoms with Crippen LogP contribution in [0.25, 0.3) is 0 Å². The molecule has 3 amide bonds. The van der Waals surface area contributed by atoms with Crippen LogP contribution in [0.15, 0.2) is 42.5 Å². The molecule has 2 aliphatic rings. The summed E-state index contributed by atoms with van der Waals surface area (Å²) in [7, 11) is 3.13. The number of likely N-dealkylation sites (N-methyl/N-ethyl adjacent to an activating group) is 1. The summed E-state index contributed by atoms with van der Waals surface area (Å²) in [5, 5.41) is 5.43. The average molecular weight is 550 g/mol. The molecule has 1 fully saturated rings. The van der Waals surface area contributed by atoms with Crippen molar-refractivity contribution in [2.45, 2.75) is 50.3 Å². The molecule has 39 heavy (non-hydrogen) atoms. The molecule has 2 N–H and O–H groups in total. The van der Waals surface area contributed by atoms with Crippen LogP contribution < -0.4 is 15.4 Å². The number of benzene rings is 2. The molecule has 0 saturated carbocycles. The van der Waals surface area contributed by atoms with Crippen molar-refractivity contribution in [3.8, 4) is 5.75 Å². The third-order valence-electron chi connectivity index (χ3n) is 6.97. The molecule has 0 spiro atoms. The van der Waals surface area contributed by atoms with Gasteiger partial charge >= 0.3 is 6.18 Å². The second-order valence-corrected chi connectivity index (χ2v) is 9.53. The lowest BCUT2D eigenvalue weighted by molar-refractivity contribution is -0.137. The zero-order valence-corrected chi connectivity index (χ0v) is 21.7. The van der Waals surface area contributed by atoms with Crippen molar-refractivity contribution < 1.29 is 41.8 Å². The van der Waals surface area contributed by atoms with E-state index in [4.69, 9.17) is 14.2 Å². The van der Waals surface area contributed by atoms with Crippen LogP contribution in [0, 0.1) is 0 Å². The van der Waals surface area contributed by atoms with Gasteiger partial charge < -0.3 is 29.7 Å². The van der Waals surface area contributed by atoms with Crippen LogP contribution in [0.2, 0.25) is 0 Å². The quantitative estimate of drug-likeness (QED) is 0.572. The number of nitrogens with one attached hydrogen (secondary N) is 2. The number of methoxy groups -OCH3 is 1. The van der Waals surface area contributed by atoms with Crippen molar-refractivity contribution >= 4 is 23.4 Å². The predicted octanol–water partition coefficient (Wildman–Crippen LogP) is 3.49. The van der Waals surface area contributed by atoms with E-state index in [2.05, 4.69) is 10.6 Å². The summed E-state index contributed by atoms with van der Waals surface area (Å²) in [6.07, 6.45) is -4.48. The monoisotopic (exact) mass is 549 g/mol. The van der Waals surface area contributed by atoms with Gasteiger partial charge in [-0.1, -0.05) is 0 Å². The van der Waals surface area contributed by atoms with Gasteiger partial charge in [0.15, 0.2) is 0 Å². The van der Waals surface area contributed by atoms with Gasteiger partial charge in [0.2, 0.25) is 5.91 Å². The number of hydrogen-bond donors (Lipinski definition) is 2. The van der Waals surface area contributed by atoms with Crippen LogP contribution in [-0.4, -0.2) is 74.3 Å². The van der Waals surface area contributed by atoms with E-state index in [0.29, 0.717) is 30.8 Å². The molecule has 2 heterocycles. The van der Waals surface area contributed by atoms with E-state index in [0.717, 1.165) is 24.3 Å². The summed E-state index contributed by atoms with van der Waals surface area (Å²) in [6, 6.07) is 8.17. The van der Waals surface area contributed by atoms with E-state index in [1.54, 1.807) is 31.0 Å². The van der Waals surface area contributed by atoms with Gasteiger partial charge in [0.05, 0.1) is 23.3 Å². The summed E-state index contributed by atoms with van der Waals surface area (Å²) in [5.74, 6) is -0.866. The van der Waals surface area contributed by atoms with Crippen molar-refractivity contribution in [1.82, 2.24) is 10.2 Å². The number of alkyl halides is 3. The Hall–Kier alpha value is -3.64. The SMILES string of the molecule is CO[C@H](C)C(=O)NC[C@@H]1CC[C@H]2[C@H](COc3ccc(NC(=O)c4ccc(C(F)(F)F)cc4)cc3C(=O)N2C)O1. The number of halogens is 3. The summed E-state index contributed by atoms with van der Waals surface area (Å²) >= 11 is 0. The van der Waals surface area contributed by atoms with Gasteiger partial charge in [0, 0.05) is 32.0 Å². The molecule has 0 bridgehead atoms. The second-order valence-electron chi connectivity index (χ2n) is 9.53. The Morgan fingerprint density at radius 2 is 1.87 bits per heavy atom. The molecule has 1 saturated heterocycles. The maximum Gasteiger partial charge on any atom is 0.416 e. The Morgan fingerprint density at radius 3 is 2.54 bits per heavy atom. The number of amides is 3. The Kier molecular flexibility index (Phi) is 8.45. The molecule has 0 aliphatic carbocycles. The van der Waals surface area contributed by atoms with Crippen LogP contribution in [0.3, 0.4) is 0 Å². The molecule has 0 radical (unpaired) electrons. The van der Waals surface area contributed by atoms with E-state index in [1.165, 1.54) is 13.2 Å². The molecule has 4 atom stereocenters. The van der Waals surface area contributed by atoms with Crippen LogP contribution in [0.1, 0.15) is 46.0 Å². The minimum absolute atomic E-state index is 0.0408. The van der Waals surface area contributed by atoms with Crippen molar-refractivity contribution in [2.24, 2.45) is 0 Å². The lowest BCUT2D eigenvalue weighted by Crippen LogP contribution is -2.55. The van der Waals surface area contributed by atoms with E-state index in [-0.39, 0.29) is 41.7 Å². The number of anilines is 1. The van der Waals surface area contributed by atoms with Gasteiger partial charge in [-0.2, -0.15) is 13.2 Å². The average Bonchev–Trinajstić information content (AvgIpc) is 2.92. The summed E-state index contributed by atoms with van der Waals surface area (Å²) in [4.78, 5) is 39.6. The van der Waals surface area contributed by atoms with Gasteiger partial charge in [-0.25, -0.2) is 0 Å². The third-order valence-corrected chi connectivity index (χ3v) is 6.97. The lowest BCUT2D eigenvalue weighted by atomic mass is 9.95. The molecule has 12 heteroatoms. The van der Waals surface area contributed by atoms with Gasteiger partial charge in [0.1, 0.15) is 24.6 Å². The molecular formula is C27H30F3N3O6. The minimum atomic E-state index is -4.50. The van der Waals surface area contributed by atoms with Gasteiger partial charge in [-0.05, 0) is 62.2 Å². The topological polar surface area (TPSA) is 106 Å². The highest BCUT2D eigenvalue weighted by atomic mass is 19.4. The van der Waals surface area contributed by atoms with Crippen LogP contribution in [0.4, 0.5) is 18.9 Å². The van der Waals surface area contributed by atoms with Crippen molar-refractivity contribution in [3.63, 3.8) is 0 Å². The van der Waals surface area contributed by atoms with Gasteiger partial charge in [-0.15, -0.1) is 0 Å². The van der Waals surface area contributed by atoms with Crippen molar-refractivity contribution in [3.05, 3.63) is 59.2 Å². The fraction of sp³-hybridized carbons (Fsp3) is 0.444. The highest BCUT2D eigenvalue weighted by Gasteiger charge is 2.39. The minimum Gasteiger partial charge on any atom is -0.490 e. The number of carbonyl (C=O) groups excluding carboxylic acids is 3. The molecular weight excluding hydrogens is 519 g/mol. The first-order chi connectivity index (χ1) is 18.5. The molecule has 2 aromatic carbocycles. The molecule has 0 aromatic heterocycles. The fourth-order valence-corrected chi connectivity index (χ4v) is 4.58. The number of nitrogens with zero attached hydrogens (tertiary/aromatic N) is 1. The summed E-state index contributed by atoms with van der Waals surface area (Å²) in [6.45, 7) is 2.14. The Morgan fingerprint density at radius 1 is 1.15 bits per heavy atom. The van der Waals surface area contributed by atoms with Gasteiger partial charge in [-0.3, -0.25) is 14.4 Å². The van der Waals surface area contributed by atoms with E-state index in [9.17, 15) is 27.6 Å². The standard InChI is InChI=1S/C27H30F3N3O6/c1-15(37-3)24(34)31-13-19-9-10-21-23(39-19)14-38-22-11-8-18(12-20(22)26(36)33(21)2)32-25(35)16-4-6-17(7-5-16)27(28,29)30/h4-8,11-12,15,19,21,23H,9-10,13-14H2,1-3H3,(H,31,34)(H,32,35)/t15-,19+,21+,23+/m1/s1. The van der Waals surface area contributed by atoms with Crippen LogP contribution >= 0.6 is 0 Å². The Bertz CT molecular complexity index is 1220. The molecule has 4 rings (SSSR count). The van der Waals surface area contributed by atoms with Gasteiger partial charge in [0.25, 0.3) is 11.8 Å². The Balaban J connectivity index is 1.43. The summed E-state index contributed by atoms with van der Waals surface area (Å²) in [5.41, 5.74) is -0.280. The lowest BCUT2D eigenvalue weighted by Gasteiger charge is -2.42. The van der Waals surface area contributed by atoms with Crippen LogP contribution in [0.5, 0.6) is 5.75 Å². The highest BCUT2D eigenvalue weighted by Crippen LogP contribution is 2.32. The maximum absolute atomic E-state index is 13.4. The normalized spacial score (nSPS) is 21.9. The first kappa shape index (κ1) is 28.4. The Labute approximate surface area is 223 Å². The van der Waals surface area contributed by atoms with Crippen molar-refractivity contribution in [2.75, 3.05) is 32.6 Å². The summed E-state index contributed by atoms with van der Waals surface area (Å²) < 4.78 is 55.6. The molecule has 2 aromatic rings. The molecule has 9 nitrogen and oxygen atoms in total. The zero-order chi connectivity index (χ0) is 28.3. The molecule has 210 valence electrons. The number of fused-ring (bicyclic) bond motifs is 2. The third kappa shape index (κ3) is 6.51. The molecule has 0 unspecified atom stereocenters. The highest BCUT2D eigenvalue weighted by molar-refractivity contribution is 6.05. The van der Waals surface area contributed by atoms with Crippen molar-refractivity contribution in [1.29, 1.82) is 0 Å². The second kappa shape index (κ2) is 11.6. The smallest absolute Gasteiger partial charge is 0.416 e. The van der Waals surface area contributed by atoms with E-state index < -0.39 is 29.9 Å². The number of ether oxygens (including phenoxy) is 3. The predicted molar refractivity (Wildman–Crippen MR) is 135 cm³/mol. The number of rotatable bonds is 6. The number of carbonyl (C=O) groups is 3. The van der Waals surface area contributed by atoms with E-state index >= 15 is 0 Å². The largest absolute Gasteiger partial charge is 0.490 e. The first-order valence-electron chi connectivity index (χ1n) is 12.5. The maximum atomic E-state index is 13.4. The molecule has 2 aliphatic heterocycles.